The number of ether oxygens (including phenoxy) is 1. The highest BCUT2D eigenvalue weighted by Gasteiger charge is 2.53. The fourth-order valence-electron chi connectivity index (χ4n) is 5.89. The monoisotopic (exact) mass is 410 g/mol. The van der Waals surface area contributed by atoms with Crippen molar-refractivity contribution in [1.29, 1.82) is 0 Å². The van der Waals surface area contributed by atoms with Gasteiger partial charge in [0.1, 0.15) is 5.15 Å². The fourth-order valence-corrected chi connectivity index (χ4v) is 6.16. The molecule has 0 aliphatic heterocycles. The Labute approximate surface area is 169 Å². The van der Waals surface area contributed by atoms with Crippen LogP contribution in [0.3, 0.4) is 0 Å². The average molecular weight is 411 g/mol. The molecule has 4 saturated carbocycles. The Morgan fingerprint density at radius 3 is 2.37 bits per heavy atom. The number of hydrogen-bond donors (Lipinski definition) is 1. The molecule has 1 amide bonds. The van der Waals surface area contributed by atoms with Gasteiger partial charge in [0.25, 0.3) is 5.91 Å². The summed E-state index contributed by atoms with van der Waals surface area (Å²) >= 11 is 11.6. The number of nitrogens with zero attached hydrogens (tertiary/aromatic N) is 1. The van der Waals surface area contributed by atoms with E-state index in [1.807, 2.05) is 0 Å². The molecule has 1 heterocycles. The third-order valence-electron chi connectivity index (χ3n) is 6.75. The molecule has 1 aromatic heterocycles. The first-order valence-corrected chi connectivity index (χ1v) is 10.4. The minimum Gasteiger partial charge on any atom is -0.452 e. The molecule has 0 unspecified atom stereocenters. The number of nitrogens with one attached hydrogen (secondary N) is 1. The average Bonchev–Trinajstić information content (AvgIpc) is 2.61. The van der Waals surface area contributed by atoms with E-state index in [4.69, 9.17) is 27.9 Å². The Hall–Kier alpha value is -1.33. The Morgan fingerprint density at radius 2 is 1.81 bits per heavy atom. The number of amides is 1. The zero-order valence-corrected chi connectivity index (χ0v) is 16.9. The van der Waals surface area contributed by atoms with Gasteiger partial charge in [-0.2, -0.15) is 0 Å². The molecule has 0 aromatic carbocycles. The van der Waals surface area contributed by atoms with E-state index in [9.17, 15) is 9.59 Å². The summed E-state index contributed by atoms with van der Waals surface area (Å²) in [6, 6.07) is 1.48. The van der Waals surface area contributed by atoms with E-state index in [2.05, 4.69) is 17.2 Å². The molecular weight excluding hydrogens is 387 g/mol. The molecule has 0 saturated heterocycles. The summed E-state index contributed by atoms with van der Waals surface area (Å²) in [6.45, 7) is 1.80. The molecule has 4 bridgehead atoms. The molecule has 4 aliphatic rings. The van der Waals surface area contributed by atoms with Gasteiger partial charge in [0.05, 0.1) is 10.6 Å². The normalized spacial score (nSPS) is 32.2. The van der Waals surface area contributed by atoms with Crippen LogP contribution in [0.1, 0.15) is 55.8 Å². The van der Waals surface area contributed by atoms with Crippen LogP contribution >= 0.6 is 23.2 Å². The Kier molecular flexibility index (Phi) is 5.10. The Balaban J connectivity index is 1.31. The molecule has 27 heavy (non-hydrogen) atoms. The van der Waals surface area contributed by atoms with Crippen LogP contribution in [-0.2, 0) is 9.53 Å². The van der Waals surface area contributed by atoms with Crippen LogP contribution in [0.2, 0.25) is 10.2 Å². The summed E-state index contributed by atoms with van der Waals surface area (Å²) in [5.41, 5.74) is 0.397. The third kappa shape index (κ3) is 3.81. The van der Waals surface area contributed by atoms with E-state index in [0.29, 0.717) is 0 Å². The van der Waals surface area contributed by atoms with E-state index in [1.54, 1.807) is 0 Å². The second-order valence-electron chi connectivity index (χ2n) is 8.64. The van der Waals surface area contributed by atoms with Crippen LogP contribution < -0.4 is 5.32 Å². The number of carbonyl (C=O) groups excluding carboxylic acids is 2. The minimum atomic E-state index is -0.640. The van der Waals surface area contributed by atoms with Gasteiger partial charge in [-0.3, -0.25) is 4.79 Å². The number of carbonyl (C=O) groups is 2. The zero-order valence-electron chi connectivity index (χ0n) is 15.3. The molecule has 5 nitrogen and oxygen atoms in total. The second-order valence-corrected chi connectivity index (χ2v) is 9.41. The highest BCUT2D eigenvalue weighted by molar-refractivity contribution is 6.41. The molecule has 1 atom stereocenters. The van der Waals surface area contributed by atoms with Crippen molar-refractivity contribution >= 4 is 35.1 Å². The summed E-state index contributed by atoms with van der Waals surface area (Å²) < 4.78 is 5.11. The van der Waals surface area contributed by atoms with Gasteiger partial charge in [0.2, 0.25) is 0 Å². The van der Waals surface area contributed by atoms with Gasteiger partial charge in [-0.25, -0.2) is 9.78 Å². The lowest BCUT2D eigenvalue weighted by atomic mass is 9.48. The van der Waals surface area contributed by atoms with Gasteiger partial charge in [-0.05, 0) is 74.7 Å². The van der Waals surface area contributed by atoms with E-state index >= 15 is 0 Å². The van der Waals surface area contributed by atoms with Gasteiger partial charge >= 0.3 is 5.97 Å². The molecule has 4 aliphatic carbocycles. The standard InChI is InChI=1S/C20H24Cl2N2O3/c1-11(20-6-12-2-13(7-20)4-14(3-12)8-20)24-17(25)10-27-19(26)15-5-16(21)18(22)23-9-15/h5,9,11-14H,2-4,6-8,10H2,1H3,(H,24,25)/t11-,12?,13?,14?,20?/m1/s1. The molecule has 146 valence electrons. The topological polar surface area (TPSA) is 68.3 Å². The number of pyridine rings is 1. The minimum absolute atomic E-state index is 0.101. The molecule has 4 fully saturated rings. The van der Waals surface area contributed by atoms with Crippen molar-refractivity contribution in [1.82, 2.24) is 10.3 Å². The van der Waals surface area contributed by atoms with Gasteiger partial charge in [-0.1, -0.05) is 23.2 Å². The quantitative estimate of drug-likeness (QED) is 0.581. The van der Waals surface area contributed by atoms with E-state index in [0.717, 1.165) is 17.8 Å². The summed E-state index contributed by atoms with van der Waals surface area (Å²) in [6.07, 6.45) is 9.05. The first-order valence-electron chi connectivity index (χ1n) is 9.62. The smallest absolute Gasteiger partial charge is 0.340 e. The predicted octanol–water partition coefficient (Wildman–Crippen LogP) is 4.27. The maximum Gasteiger partial charge on any atom is 0.340 e. The van der Waals surface area contributed by atoms with E-state index in [-0.39, 0.29) is 39.7 Å². The van der Waals surface area contributed by atoms with Crippen molar-refractivity contribution in [2.75, 3.05) is 6.61 Å². The molecule has 1 N–H and O–H groups in total. The van der Waals surface area contributed by atoms with Crippen LogP contribution in [0.15, 0.2) is 12.3 Å². The molecule has 0 radical (unpaired) electrons. The van der Waals surface area contributed by atoms with Crippen LogP contribution in [-0.4, -0.2) is 29.5 Å². The zero-order chi connectivity index (χ0) is 19.2. The SMILES string of the molecule is C[C@@H](NC(=O)COC(=O)c1cnc(Cl)c(Cl)c1)C12CC3CC(CC(C3)C1)C2. The van der Waals surface area contributed by atoms with Crippen LogP contribution in [0, 0.1) is 23.2 Å². The lowest BCUT2D eigenvalue weighted by molar-refractivity contribution is -0.128. The van der Waals surface area contributed by atoms with E-state index < -0.39 is 5.97 Å². The van der Waals surface area contributed by atoms with Gasteiger partial charge in [-0.15, -0.1) is 0 Å². The number of aromatic nitrogens is 1. The van der Waals surface area contributed by atoms with Gasteiger partial charge < -0.3 is 10.1 Å². The number of halogens is 2. The fraction of sp³-hybridized carbons (Fsp3) is 0.650. The maximum atomic E-state index is 12.4. The maximum absolute atomic E-state index is 12.4. The predicted molar refractivity (Wildman–Crippen MR) is 103 cm³/mol. The van der Waals surface area contributed by atoms with Crippen molar-refractivity contribution in [3.63, 3.8) is 0 Å². The van der Waals surface area contributed by atoms with Crippen LogP contribution in [0.5, 0.6) is 0 Å². The summed E-state index contributed by atoms with van der Waals surface area (Å²) in [7, 11) is 0. The molecule has 7 heteroatoms. The highest BCUT2D eigenvalue weighted by atomic mass is 35.5. The summed E-state index contributed by atoms with van der Waals surface area (Å²) in [4.78, 5) is 28.2. The van der Waals surface area contributed by atoms with Crippen LogP contribution in [0.25, 0.3) is 0 Å². The van der Waals surface area contributed by atoms with Crippen LogP contribution in [0.4, 0.5) is 0 Å². The summed E-state index contributed by atoms with van der Waals surface area (Å²) in [5.74, 6) is 1.58. The molecule has 1 aromatic rings. The first kappa shape index (κ1) is 19.0. The van der Waals surface area contributed by atoms with Crippen molar-refractivity contribution in [3.05, 3.63) is 28.0 Å². The Morgan fingerprint density at radius 1 is 1.22 bits per heavy atom. The van der Waals surface area contributed by atoms with Crippen molar-refractivity contribution in [3.8, 4) is 0 Å². The second kappa shape index (κ2) is 7.25. The number of hydrogen-bond acceptors (Lipinski definition) is 4. The third-order valence-corrected chi connectivity index (χ3v) is 7.43. The molecule has 0 spiro atoms. The highest BCUT2D eigenvalue weighted by Crippen LogP contribution is 2.61. The van der Waals surface area contributed by atoms with Gasteiger partial charge in [0, 0.05) is 12.2 Å². The van der Waals surface area contributed by atoms with Crippen molar-refractivity contribution < 1.29 is 14.3 Å². The van der Waals surface area contributed by atoms with Gasteiger partial charge in [0.15, 0.2) is 6.61 Å². The molecular formula is C20H24Cl2N2O3. The lowest BCUT2D eigenvalue weighted by Gasteiger charge is -2.59. The van der Waals surface area contributed by atoms with E-state index in [1.165, 1.54) is 50.8 Å². The molecule has 5 rings (SSSR count). The lowest BCUT2D eigenvalue weighted by Crippen LogP contribution is -2.56. The Bertz CT molecular complexity index is 732. The number of rotatable bonds is 5. The summed E-state index contributed by atoms with van der Waals surface area (Å²) in [5, 5.41) is 3.38. The first-order chi connectivity index (χ1) is 12.8. The van der Waals surface area contributed by atoms with Crippen molar-refractivity contribution in [2.24, 2.45) is 23.2 Å². The number of esters is 1. The van der Waals surface area contributed by atoms with Crippen molar-refractivity contribution in [2.45, 2.75) is 51.5 Å². The largest absolute Gasteiger partial charge is 0.452 e.